The van der Waals surface area contributed by atoms with E-state index in [9.17, 15) is 0 Å². The third kappa shape index (κ3) is 4.44. The normalized spacial score (nSPS) is 11.5. The van der Waals surface area contributed by atoms with Crippen molar-refractivity contribution in [3.63, 3.8) is 0 Å². The molecule has 0 saturated heterocycles. The van der Waals surface area contributed by atoms with Crippen molar-refractivity contribution in [2.75, 3.05) is 4.90 Å². The molecule has 7 aromatic carbocycles. The van der Waals surface area contributed by atoms with E-state index in [4.69, 9.17) is 4.98 Å². The largest absolute Gasteiger partial charge is 0.294 e. The minimum atomic E-state index is 0.940. The lowest BCUT2D eigenvalue weighted by Gasteiger charge is -2.25. The van der Waals surface area contributed by atoms with Crippen LogP contribution in [0.3, 0.4) is 0 Å². The van der Waals surface area contributed by atoms with Crippen LogP contribution in [0.1, 0.15) is 0 Å². The molecule has 0 aliphatic carbocycles. The Kier molecular flexibility index (Phi) is 6.36. The Hall–Kier alpha value is -5.77. The summed E-state index contributed by atoms with van der Waals surface area (Å²) in [7, 11) is 0. The van der Waals surface area contributed by atoms with Crippen LogP contribution in [0.25, 0.3) is 64.0 Å². The second-order valence-corrected chi connectivity index (χ2v) is 12.6. The predicted molar refractivity (Wildman–Crippen MR) is 198 cm³/mol. The highest BCUT2D eigenvalue weighted by Crippen LogP contribution is 2.44. The fourth-order valence-corrected chi connectivity index (χ4v) is 7.89. The molecule has 3 heteroatoms. The molecule has 0 N–H and O–H groups in total. The van der Waals surface area contributed by atoms with Crippen LogP contribution in [0, 0.1) is 0 Å². The van der Waals surface area contributed by atoms with E-state index in [0.717, 1.165) is 17.2 Å². The van der Waals surface area contributed by atoms with Crippen molar-refractivity contribution in [2.45, 2.75) is 0 Å². The lowest BCUT2D eigenvalue weighted by molar-refractivity contribution is 1.20. The first-order chi connectivity index (χ1) is 22.8. The van der Waals surface area contributed by atoms with Crippen molar-refractivity contribution in [1.82, 2.24) is 4.98 Å². The number of pyridine rings is 1. The van der Waals surface area contributed by atoms with E-state index >= 15 is 0 Å². The quantitative estimate of drug-likeness (QED) is 0.182. The summed E-state index contributed by atoms with van der Waals surface area (Å²) in [4.78, 5) is 7.33. The second-order valence-electron chi connectivity index (χ2n) is 11.6. The topological polar surface area (TPSA) is 16.1 Å². The van der Waals surface area contributed by atoms with Crippen molar-refractivity contribution >= 4 is 70.2 Å². The van der Waals surface area contributed by atoms with Gasteiger partial charge < -0.3 is 0 Å². The number of nitrogens with zero attached hydrogens (tertiary/aromatic N) is 2. The molecule has 0 amide bonds. The molecule has 2 heterocycles. The van der Waals surface area contributed by atoms with Crippen molar-refractivity contribution in [3.05, 3.63) is 170 Å². The molecule has 216 valence electrons. The molecule has 46 heavy (non-hydrogen) atoms. The Bertz CT molecular complexity index is 2510. The Labute approximate surface area is 271 Å². The van der Waals surface area contributed by atoms with Gasteiger partial charge in [-0.25, -0.2) is 4.98 Å². The minimum absolute atomic E-state index is 0.940. The van der Waals surface area contributed by atoms with Crippen LogP contribution in [-0.2, 0) is 0 Å². The summed E-state index contributed by atoms with van der Waals surface area (Å²) in [5.74, 6) is 0.940. The van der Waals surface area contributed by atoms with Crippen molar-refractivity contribution < 1.29 is 0 Å². The lowest BCUT2D eigenvalue weighted by Crippen LogP contribution is -2.11. The van der Waals surface area contributed by atoms with E-state index < -0.39 is 0 Å². The van der Waals surface area contributed by atoms with Gasteiger partial charge in [0.05, 0.1) is 4.70 Å². The predicted octanol–water partition coefficient (Wildman–Crippen LogP) is 12.6. The fraction of sp³-hybridized carbons (Fsp3) is 0. The van der Waals surface area contributed by atoms with Gasteiger partial charge in [-0.2, -0.15) is 0 Å². The van der Waals surface area contributed by atoms with Gasteiger partial charge in [0.15, 0.2) is 5.82 Å². The molecule has 0 spiro atoms. The zero-order valence-corrected chi connectivity index (χ0v) is 25.8. The van der Waals surface area contributed by atoms with Crippen LogP contribution in [0.5, 0.6) is 0 Å². The molecule has 9 aromatic rings. The average Bonchev–Trinajstić information content (AvgIpc) is 3.52. The summed E-state index contributed by atoms with van der Waals surface area (Å²) < 4.78 is 2.45. The van der Waals surface area contributed by atoms with Crippen molar-refractivity contribution in [1.29, 1.82) is 0 Å². The molecule has 0 fully saturated rings. The van der Waals surface area contributed by atoms with Gasteiger partial charge >= 0.3 is 0 Å². The number of hydrogen-bond acceptors (Lipinski definition) is 3. The summed E-state index contributed by atoms with van der Waals surface area (Å²) in [6, 6.07) is 58.8. The van der Waals surface area contributed by atoms with Gasteiger partial charge in [0, 0.05) is 33.0 Å². The second kappa shape index (κ2) is 11.0. The van der Waals surface area contributed by atoms with E-state index in [0.29, 0.717) is 0 Å². The molecule has 0 unspecified atom stereocenters. The molecule has 0 bridgehead atoms. The van der Waals surface area contributed by atoms with Gasteiger partial charge in [-0.1, -0.05) is 121 Å². The van der Waals surface area contributed by atoms with Crippen LogP contribution in [-0.4, -0.2) is 4.98 Å². The third-order valence-electron chi connectivity index (χ3n) is 8.92. The molecule has 0 atom stereocenters. The number of fused-ring (bicyclic) bond motifs is 6. The van der Waals surface area contributed by atoms with Crippen molar-refractivity contribution in [2.24, 2.45) is 0 Å². The maximum atomic E-state index is 5.03. The number of thiophene rings is 1. The monoisotopic (exact) mass is 604 g/mol. The summed E-state index contributed by atoms with van der Waals surface area (Å²) in [5, 5.41) is 7.58. The number of anilines is 3. The van der Waals surface area contributed by atoms with Gasteiger partial charge in [-0.3, -0.25) is 4.90 Å². The maximum Gasteiger partial charge on any atom is 0.155 e. The molecular formula is C43H28N2S. The van der Waals surface area contributed by atoms with Crippen LogP contribution < -0.4 is 4.90 Å². The summed E-state index contributed by atoms with van der Waals surface area (Å²) in [5.41, 5.74) is 6.97. The molecule has 0 aliphatic heterocycles. The summed E-state index contributed by atoms with van der Waals surface area (Å²) in [6.07, 6.45) is 1.94. The summed E-state index contributed by atoms with van der Waals surface area (Å²) >= 11 is 1.80. The third-order valence-corrected chi connectivity index (χ3v) is 10.1. The van der Waals surface area contributed by atoms with E-state index in [1.54, 1.807) is 11.3 Å². The maximum absolute atomic E-state index is 5.03. The molecule has 0 aliphatic rings. The van der Waals surface area contributed by atoms with E-state index in [1.165, 1.54) is 64.0 Å². The van der Waals surface area contributed by atoms with E-state index in [2.05, 4.69) is 169 Å². The van der Waals surface area contributed by atoms with Crippen molar-refractivity contribution in [3.8, 4) is 22.3 Å². The zero-order chi connectivity index (χ0) is 30.5. The van der Waals surface area contributed by atoms with Gasteiger partial charge in [-0.15, -0.1) is 11.3 Å². The number of hydrogen-bond donors (Lipinski definition) is 0. The fourth-order valence-electron chi connectivity index (χ4n) is 6.71. The van der Waals surface area contributed by atoms with Gasteiger partial charge in [0.2, 0.25) is 0 Å². The van der Waals surface area contributed by atoms with Gasteiger partial charge in [0.25, 0.3) is 0 Å². The van der Waals surface area contributed by atoms with E-state index in [-0.39, 0.29) is 0 Å². The van der Waals surface area contributed by atoms with E-state index in [1.807, 2.05) is 6.20 Å². The molecule has 9 rings (SSSR count). The van der Waals surface area contributed by atoms with Gasteiger partial charge in [-0.05, 0) is 86.3 Å². The van der Waals surface area contributed by atoms with Crippen LogP contribution >= 0.6 is 11.3 Å². The highest BCUT2D eigenvalue weighted by molar-refractivity contribution is 7.26. The lowest BCUT2D eigenvalue weighted by atomic mass is 9.93. The summed E-state index contributed by atoms with van der Waals surface area (Å²) in [6.45, 7) is 0. The number of benzene rings is 7. The molecule has 0 saturated carbocycles. The highest BCUT2D eigenvalue weighted by atomic mass is 32.1. The first-order valence-electron chi connectivity index (χ1n) is 15.5. The molecule has 2 aromatic heterocycles. The standard InChI is InChI=1S/C43H28N2S/c1-2-10-29(11-3-1)30-18-22-33(23-19-30)45(43-42-39(26-27-44-43)38-16-8-9-17-41(38)46-42)34-24-20-31(21-25-34)40-28-32-12-4-5-13-35(32)36-14-6-7-15-37(36)40/h1-28H. The Morgan fingerprint density at radius 1 is 0.435 bits per heavy atom. The highest BCUT2D eigenvalue weighted by Gasteiger charge is 2.20. The van der Waals surface area contributed by atoms with Gasteiger partial charge in [0.1, 0.15) is 0 Å². The first-order valence-corrected chi connectivity index (χ1v) is 16.4. The number of aromatic nitrogens is 1. The van der Waals surface area contributed by atoms with Crippen LogP contribution in [0.4, 0.5) is 17.2 Å². The number of rotatable bonds is 5. The smallest absolute Gasteiger partial charge is 0.155 e. The zero-order valence-electron chi connectivity index (χ0n) is 25.0. The Morgan fingerprint density at radius 3 is 1.78 bits per heavy atom. The average molecular weight is 605 g/mol. The Morgan fingerprint density at radius 2 is 1.02 bits per heavy atom. The van der Waals surface area contributed by atoms with Crippen LogP contribution in [0.2, 0.25) is 0 Å². The molecular weight excluding hydrogens is 577 g/mol. The SMILES string of the molecule is c1ccc(-c2ccc(N(c3ccc(-c4cc5ccccc5c5ccccc45)cc3)c3nccc4c3sc3ccccc34)cc2)cc1. The van der Waals surface area contributed by atoms with Crippen LogP contribution in [0.15, 0.2) is 170 Å². The first kappa shape index (κ1) is 26.6. The molecule has 0 radical (unpaired) electrons. The minimum Gasteiger partial charge on any atom is -0.294 e. The Balaban J connectivity index is 1.21. The molecule has 2 nitrogen and oxygen atoms in total.